The highest BCUT2D eigenvalue weighted by atomic mass is 16.3. The first-order chi connectivity index (χ1) is 15.7. The molecule has 3 saturated carbocycles. The standard InChI is InChI=1S/C28H48N2O3/c1-18-12-16-30(17-13-18)27(33)19(2)22-10-14-28(4)15-11-23(20(3)24(28)25(22)31)29-26(32)21-8-6-5-7-9-21/h18-25,31H,5-17H2,1-4H3,(H,29,32)/t19-,20+,22+,23-,24+,25-,28-/m0/s1. The number of aliphatic hydroxyl groups excluding tert-OH is 1. The highest BCUT2D eigenvalue weighted by Gasteiger charge is 2.54. The molecule has 2 N–H and O–H groups in total. The molecular weight excluding hydrogens is 412 g/mol. The lowest BCUT2D eigenvalue weighted by Gasteiger charge is -2.56. The van der Waals surface area contributed by atoms with E-state index < -0.39 is 6.10 Å². The molecule has 33 heavy (non-hydrogen) atoms. The van der Waals surface area contributed by atoms with Crippen molar-refractivity contribution in [3.05, 3.63) is 0 Å². The van der Waals surface area contributed by atoms with Crippen LogP contribution in [0.4, 0.5) is 0 Å². The van der Waals surface area contributed by atoms with E-state index in [9.17, 15) is 14.7 Å². The third-order valence-corrected chi connectivity index (χ3v) is 10.3. The molecule has 0 aromatic rings. The summed E-state index contributed by atoms with van der Waals surface area (Å²) < 4.78 is 0. The molecule has 1 heterocycles. The maximum absolute atomic E-state index is 13.3. The van der Waals surface area contributed by atoms with Crippen molar-refractivity contribution in [3.8, 4) is 0 Å². The quantitative estimate of drug-likeness (QED) is 0.635. The van der Waals surface area contributed by atoms with Gasteiger partial charge in [-0.25, -0.2) is 0 Å². The normalized spacial score (nSPS) is 39.5. The molecular formula is C28H48N2O3. The lowest BCUT2D eigenvalue weighted by Crippen LogP contribution is -2.59. The number of hydrogen-bond donors (Lipinski definition) is 2. The number of carbonyl (C=O) groups is 2. The molecule has 188 valence electrons. The Labute approximate surface area is 201 Å². The van der Waals surface area contributed by atoms with Gasteiger partial charge < -0.3 is 15.3 Å². The highest BCUT2D eigenvalue weighted by molar-refractivity contribution is 5.79. The fraction of sp³-hybridized carbons (Fsp3) is 0.929. The Morgan fingerprint density at radius 2 is 1.61 bits per heavy atom. The first-order valence-electron chi connectivity index (χ1n) is 14.0. The minimum atomic E-state index is -0.476. The van der Waals surface area contributed by atoms with Crippen LogP contribution in [0.5, 0.6) is 0 Å². The van der Waals surface area contributed by atoms with Crippen molar-refractivity contribution in [2.24, 2.45) is 40.9 Å². The Hall–Kier alpha value is -1.10. The monoisotopic (exact) mass is 460 g/mol. The number of hydrogen-bond acceptors (Lipinski definition) is 3. The van der Waals surface area contributed by atoms with Gasteiger partial charge >= 0.3 is 0 Å². The Morgan fingerprint density at radius 3 is 2.27 bits per heavy atom. The summed E-state index contributed by atoms with van der Waals surface area (Å²) in [6.45, 7) is 10.6. The SMILES string of the molecule is CC1CCN(C(=O)[C@@H](C)[C@H]2CC[C@@]3(C)CC[C@H](NC(=O)C4CCCCC4)[C@@H](C)[C@@H]3[C@H]2O)CC1. The second-order valence-electron chi connectivity index (χ2n) is 12.5. The highest BCUT2D eigenvalue weighted by Crippen LogP contribution is 2.55. The molecule has 0 aromatic carbocycles. The van der Waals surface area contributed by atoms with Crippen LogP contribution in [-0.4, -0.2) is 47.1 Å². The topological polar surface area (TPSA) is 69.6 Å². The second-order valence-corrected chi connectivity index (χ2v) is 12.5. The fourth-order valence-electron chi connectivity index (χ4n) is 7.86. The van der Waals surface area contributed by atoms with E-state index in [1.165, 1.54) is 19.3 Å². The van der Waals surface area contributed by atoms with Crippen molar-refractivity contribution >= 4 is 11.8 Å². The number of fused-ring (bicyclic) bond motifs is 1. The number of nitrogens with one attached hydrogen (secondary N) is 1. The summed E-state index contributed by atoms with van der Waals surface area (Å²) in [6, 6.07) is 0.139. The third kappa shape index (κ3) is 5.13. The zero-order chi connectivity index (χ0) is 23.8. The summed E-state index contributed by atoms with van der Waals surface area (Å²) in [5.74, 6) is 1.60. The van der Waals surface area contributed by atoms with Gasteiger partial charge in [0.05, 0.1) is 6.10 Å². The number of nitrogens with zero attached hydrogens (tertiary/aromatic N) is 1. The van der Waals surface area contributed by atoms with Crippen LogP contribution in [0.15, 0.2) is 0 Å². The summed E-state index contributed by atoms with van der Waals surface area (Å²) in [7, 11) is 0. The number of amides is 2. The van der Waals surface area contributed by atoms with Crippen LogP contribution < -0.4 is 5.32 Å². The van der Waals surface area contributed by atoms with Crippen LogP contribution in [0, 0.1) is 40.9 Å². The van der Waals surface area contributed by atoms with Gasteiger partial charge in [0.2, 0.25) is 11.8 Å². The smallest absolute Gasteiger partial charge is 0.225 e. The number of likely N-dealkylation sites (tertiary alicyclic amines) is 1. The van der Waals surface area contributed by atoms with Gasteiger partial charge in [-0.15, -0.1) is 0 Å². The van der Waals surface area contributed by atoms with Gasteiger partial charge in [0.1, 0.15) is 0 Å². The Kier molecular flexibility index (Phi) is 7.77. The van der Waals surface area contributed by atoms with Crippen molar-refractivity contribution in [3.63, 3.8) is 0 Å². The second kappa shape index (κ2) is 10.3. The van der Waals surface area contributed by atoms with Gasteiger partial charge in [-0.2, -0.15) is 0 Å². The first kappa shape index (κ1) is 25.0. The summed E-state index contributed by atoms with van der Waals surface area (Å²) in [4.78, 5) is 28.3. The van der Waals surface area contributed by atoms with Crippen molar-refractivity contribution in [2.75, 3.05) is 13.1 Å². The molecule has 2 amide bonds. The van der Waals surface area contributed by atoms with E-state index in [1.54, 1.807) is 0 Å². The molecule has 3 aliphatic carbocycles. The van der Waals surface area contributed by atoms with E-state index in [4.69, 9.17) is 0 Å². The Balaban J connectivity index is 1.42. The molecule has 5 nitrogen and oxygen atoms in total. The van der Waals surface area contributed by atoms with Crippen LogP contribution >= 0.6 is 0 Å². The molecule has 4 fully saturated rings. The minimum absolute atomic E-state index is 0.0187. The third-order valence-electron chi connectivity index (χ3n) is 10.3. The predicted molar refractivity (Wildman–Crippen MR) is 131 cm³/mol. The van der Waals surface area contributed by atoms with Crippen molar-refractivity contribution in [2.45, 2.75) is 110 Å². The van der Waals surface area contributed by atoms with E-state index >= 15 is 0 Å². The minimum Gasteiger partial charge on any atom is -0.392 e. The lowest BCUT2D eigenvalue weighted by molar-refractivity contribution is -0.152. The Morgan fingerprint density at radius 1 is 0.970 bits per heavy atom. The predicted octanol–water partition coefficient (Wildman–Crippen LogP) is 4.77. The molecule has 5 heteroatoms. The maximum atomic E-state index is 13.3. The molecule has 7 atom stereocenters. The summed E-state index contributed by atoms with van der Waals surface area (Å²) in [6.07, 6.45) is 11.4. The molecule has 4 rings (SSSR count). The average molecular weight is 461 g/mol. The van der Waals surface area contributed by atoms with Gasteiger partial charge in [-0.05, 0) is 80.5 Å². The van der Waals surface area contributed by atoms with Gasteiger partial charge in [-0.3, -0.25) is 9.59 Å². The largest absolute Gasteiger partial charge is 0.392 e. The van der Waals surface area contributed by atoms with Gasteiger partial charge in [0, 0.05) is 31.0 Å². The van der Waals surface area contributed by atoms with E-state index in [0.29, 0.717) is 5.92 Å². The van der Waals surface area contributed by atoms with Gasteiger partial charge in [0.25, 0.3) is 0 Å². The molecule has 4 aliphatic rings. The number of rotatable bonds is 4. The molecule has 0 spiro atoms. The molecule has 0 radical (unpaired) electrons. The van der Waals surface area contributed by atoms with E-state index in [0.717, 1.165) is 64.5 Å². The van der Waals surface area contributed by atoms with Gasteiger partial charge in [0.15, 0.2) is 0 Å². The number of aliphatic hydroxyl groups is 1. The lowest BCUT2D eigenvalue weighted by atomic mass is 9.51. The van der Waals surface area contributed by atoms with Crippen molar-refractivity contribution in [1.29, 1.82) is 0 Å². The van der Waals surface area contributed by atoms with E-state index in [2.05, 4.69) is 26.1 Å². The van der Waals surface area contributed by atoms with E-state index in [1.807, 2.05) is 11.8 Å². The van der Waals surface area contributed by atoms with Crippen LogP contribution in [0.2, 0.25) is 0 Å². The van der Waals surface area contributed by atoms with Crippen LogP contribution in [0.25, 0.3) is 0 Å². The van der Waals surface area contributed by atoms with Crippen LogP contribution in [0.3, 0.4) is 0 Å². The van der Waals surface area contributed by atoms with Crippen LogP contribution in [0.1, 0.15) is 98.3 Å². The fourth-order valence-corrected chi connectivity index (χ4v) is 7.86. The summed E-state index contributed by atoms with van der Waals surface area (Å²) in [5, 5.41) is 15.1. The summed E-state index contributed by atoms with van der Waals surface area (Å²) >= 11 is 0. The van der Waals surface area contributed by atoms with E-state index in [-0.39, 0.29) is 52.9 Å². The van der Waals surface area contributed by atoms with Crippen molar-refractivity contribution in [1.82, 2.24) is 10.2 Å². The maximum Gasteiger partial charge on any atom is 0.225 e. The molecule has 1 aliphatic heterocycles. The summed E-state index contributed by atoms with van der Waals surface area (Å²) in [5.41, 5.74) is 0.102. The zero-order valence-corrected chi connectivity index (χ0v) is 21.5. The van der Waals surface area contributed by atoms with Gasteiger partial charge in [-0.1, -0.05) is 47.0 Å². The zero-order valence-electron chi connectivity index (χ0n) is 21.5. The number of piperidine rings is 1. The average Bonchev–Trinajstić information content (AvgIpc) is 2.81. The molecule has 1 saturated heterocycles. The molecule has 0 unspecified atom stereocenters. The first-order valence-corrected chi connectivity index (χ1v) is 14.0. The Bertz CT molecular complexity index is 697. The molecule has 0 bridgehead atoms. The van der Waals surface area contributed by atoms with Crippen LogP contribution in [-0.2, 0) is 9.59 Å². The van der Waals surface area contributed by atoms with Crippen molar-refractivity contribution < 1.29 is 14.7 Å². The number of carbonyl (C=O) groups excluding carboxylic acids is 2. The molecule has 0 aromatic heterocycles.